The quantitative estimate of drug-likeness (QED) is 0.755. The van der Waals surface area contributed by atoms with E-state index >= 15 is 0 Å². The van der Waals surface area contributed by atoms with Crippen LogP contribution in [0.1, 0.15) is 5.69 Å². The number of pyridine rings is 1. The van der Waals surface area contributed by atoms with Gasteiger partial charge in [-0.05, 0) is 17.5 Å². The lowest BCUT2D eigenvalue weighted by atomic mass is 10.1. The summed E-state index contributed by atoms with van der Waals surface area (Å²) in [5.74, 6) is -0.968. The van der Waals surface area contributed by atoms with Gasteiger partial charge in [-0.1, -0.05) is 24.3 Å². The minimum atomic E-state index is -0.968. The van der Waals surface area contributed by atoms with E-state index in [4.69, 9.17) is 5.11 Å². The Balaban J connectivity index is 2.56. The first kappa shape index (κ1) is 9.40. The van der Waals surface area contributed by atoms with Crippen LogP contribution in [0.2, 0.25) is 0 Å². The highest BCUT2D eigenvalue weighted by Crippen LogP contribution is 2.16. The van der Waals surface area contributed by atoms with Crippen molar-refractivity contribution in [3.63, 3.8) is 0 Å². The topological polar surface area (TPSA) is 50.2 Å². The first-order valence-electron chi connectivity index (χ1n) is 4.52. The number of aliphatic carboxylic acids is 1. The molecule has 3 heteroatoms. The second-order valence-corrected chi connectivity index (χ2v) is 3.09. The fourth-order valence-electron chi connectivity index (χ4n) is 1.43. The Hall–Kier alpha value is -2.16. The van der Waals surface area contributed by atoms with E-state index in [1.807, 2.05) is 30.3 Å². The molecule has 1 aromatic carbocycles. The van der Waals surface area contributed by atoms with Gasteiger partial charge in [0.05, 0.1) is 5.69 Å². The molecule has 1 aromatic heterocycles. The summed E-state index contributed by atoms with van der Waals surface area (Å²) in [6.07, 6.45) is 4.27. The Morgan fingerprint density at radius 2 is 2.07 bits per heavy atom. The summed E-state index contributed by atoms with van der Waals surface area (Å²) in [5.41, 5.74) is 0.676. The summed E-state index contributed by atoms with van der Waals surface area (Å²) in [7, 11) is 0. The third kappa shape index (κ3) is 2.02. The number of hydrogen-bond donors (Lipinski definition) is 1. The predicted molar refractivity (Wildman–Crippen MR) is 58.4 cm³/mol. The summed E-state index contributed by atoms with van der Waals surface area (Å²) in [4.78, 5) is 14.5. The molecule has 1 N–H and O–H groups in total. The van der Waals surface area contributed by atoms with Crippen LogP contribution in [-0.2, 0) is 4.79 Å². The summed E-state index contributed by atoms with van der Waals surface area (Å²) in [6, 6.07) is 9.63. The SMILES string of the molecule is O=C(O)/C=C/c1nccc2ccccc12. The predicted octanol–water partition coefficient (Wildman–Crippen LogP) is 2.33. The number of carboxylic acid groups (broad SMARTS) is 1. The molecule has 1 heterocycles. The van der Waals surface area contributed by atoms with Gasteiger partial charge in [0.25, 0.3) is 0 Å². The van der Waals surface area contributed by atoms with E-state index in [1.165, 1.54) is 6.08 Å². The van der Waals surface area contributed by atoms with Gasteiger partial charge in [-0.15, -0.1) is 0 Å². The molecule has 0 amide bonds. The van der Waals surface area contributed by atoms with E-state index in [1.54, 1.807) is 6.20 Å². The molecule has 3 nitrogen and oxygen atoms in total. The van der Waals surface area contributed by atoms with Crippen LogP contribution >= 0.6 is 0 Å². The van der Waals surface area contributed by atoms with Gasteiger partial charge in [0, 0.05) is 17.7 Å². The van der Waals surface area contributed by atoms with Crippen LogP contribution in [0.5, 0.6) is 0 Å². The molecule has 74 valence electrons. The molecule has 0 saturated heterocycles. The second-order valence-electron chi connectivity index (χ2n) is 3.09. The van der Waals surface area contributed by atoms with Crippen LogP contribution < -0.4 is 0 Å². The molecule has 0 radical (unpaired) electrons. The zero-order valence-electron chi connectivity index (χ0n) is 7.92. The number of fused-ring (bicyclic) bond motifs is 1. The van der Waals surface area contributed by atoms with Crippen LogP contribution in [0.15, 0.2) is 42.6 Å². The third-order valence-corrected chi connectivity index (χ3v) is 2.09. The molecule has 0 fully saturated rings. The number of hydrogen-bond acceptors (Lipinski definition) is 2. The third-order valence-electron chi connectivity index (χ3n) is 2.09. The van der Waals surface area contributed by atoms with Gasteiger partial charge < -0.3 is 5.11 Å². The number of rotatable bonds is 2. The number of carbonyl (C=O) groups is 1. The van der Waals surface area contributed by atoms with Crippen LogP contribution in [-0.4, -0.2) is 16.1 Å². The van der Waals surface area contributed by atoms with Crippen LogP contribution in [0.3, 0.4) is 0 Å². The van der Waals surface area contributed by atoms with Crippen molar-refractivity contribution in [1.82, 2.24) is 4.98 Å². The lowest BCUT2D eigenvalue weighted by Gasteiger charge is -1.99. The van der Waals surface area contributed by atoms with Gasteiger partial charge in [-0.2, -0.15) is 0 Å². The van der Waals surface area contributed by atoms with Crippen molar-refractivity contribution < 1.29 is 9.90 Å². The van der Waals surface area contributed by atoms with Crippen molar-refractivity contribution in [3.8, 4) is 0 Å². The van der Waals surface area contributed by atoms with Gasteiger partial charge >= 0.3 is 5.97 Å². The summed E-state index contributed by atoms with van der Waals surface area (Å²) >= 11 is 0. The Morgan fingerprint density at radius 1 is 1.27 bits per heavy atom. The Kier molecular flexibility index (Phi) is 2.46. The Bertz CT molecular complexity index is 527. The number of benzene rings is 1. The van der Waals surface area contributed by atoms with Gasteiger partial charge in [-0.3, -0.25) is 4.98 Å². The van der Waals surface area contributed by atoms with Crippen molar-refractivity contribution in [1.29, 1.82) is 0 Å². The van der Waals surface area contributed by atoms with E-state index in [2.05, 4.69) is 4.98 Å². The van der Waals surface area contributed by atoms with Crippen molar-refractivity contribution in [2.45, 2.75) is 0 Å². The first-order chi connectivity index (χ1) is 7.27. The molecule has 0 bridgehead atoms. The molecule has 2 aromatic rings. The van der Waals surface area contributed by atoms with Crippen molar-refractivity contribution in [3.05, 3.63) is 48.3 Å². The molecule has 0 saturated carbocycles. The standard InChI is InChI=1S/C12H9NO2/c14-12(15)6-5-11-10-4-2-1-3-9(10)7-8-13-11/h1-8H,(H,14,15)/b6-5+. The fraction of sp³-hybridized carbons (Fsp3) is 0. The highest BCUT2D eigenvalue weighted by Gasteiger charge is 1.98. The lowest BCUT2D eigenvalue weighted by molar-refractivity contribution is -0.131. The maximum atomic E-state index is 10.4. The van der Waals surface area contributed by atoms with Gasteiger partial charge in [-0.25, -0.2) is 4.79 Å². The average Bonchev–Trinajstić information content (AvgIpc) is 2.26. The van der Waals surface area contributed by atoms with E-state index in [9.17, 15) is 4.79 Å². The zero-order chi connectivity index (χ0) is 10.7. The fourth-order valence-corrected chi connectivity index (χ4v) is 1.43. The van der Waals surface area contributed by atoms with Gasteiger partial charge in [0.2, 0.25) is 0 Å². The molecular weight excluding hydrogens is 190 g/mol. The van der Waals surface area contributed by atoms with Crippen molar-refractivity contribution in [2.75, 3.05) is 0 Å². The second kappa shape index (κ2) is 3.92. The Labute approximate surface area is 86.7 Å². The molecule has 0 spiro atoms. The lowest BCUT2D eigenvalue weighted by Crippen LogP contribution is -1.88. The van der Waals surface area contributed by atoms with Crippen LogP contribution in [0, 0.1) is 0 Å². The molecule has 2 rings (SSSR count). The molecule has 0 aliphatic heterocycles. The Morgan fingerprint density at radius 3 is 2.87 bits per heavy atom. The maximum Gasteiger partial charge on any atom is 0.328 e. The normalized spacial score (nSPS) is 10.9. The van der Waals surface area contributed by atoms with E-state index in [-0.39, 0.29) is 0 Å². The summed E-state index contributed by atoms with van der Waals surface area (Å²) < 4.78 is 0. The van der Waals surface area contributed by atoms with Crippen molar-refractivity contribution in [2.24, 2.45) is 0 Å². The van der Waals surface area contributed by atoms with Gasteiger partial charge in [0.15, 0.2) is 0 Å². The first-order valence-corrected chi connectivity index (χ1v) is 4.52. The van der Waals surface area contributed by atoms with Crippen LogP contribution in [0.4, 0.5) is 0 Å². The highest BCUT2D eigenvalue weighted by atomic mass is 16.4. The average molecular weight is 199 g/mol. The van der Waals surface area contributed by atoms with Crippen LogP contribution in [0.25, 0.3) is 16.8 Å². The molecule has 0 atom stereocenters. The van der Waals surface area contributed by atoms with Gasteiger partial charge in [0.1, 0.15) is 0 Å². The number of nitrogens with zero attached hydrogens (tertiary/aromatic N) is 1. The maximum absolute atomic E-state index is 10.4. The summed E-state index contributed by atoms with van der Waals surface area (Å²) in [6.45, 7) is 0. The molecule has 0 aliphatic carbocycles. The summed E-state index contributed by atoms with van der Waals surface area (Å²) in [5, 5.41) is 10.5. The largest absolute Gasteiger partial charge is 0.478 e. The van der Waals surface area contributed by atoms with E-state index in [0.29, 0.717) is 5.69 Å². The zero-order valence-corrected chi connectivity index (χ0v) is 7.92. The molecular formula is C12H9NO2. The van der Waals surface area contributed by atoms with E-state index in [0.717, 1.165) is 16.8 Å². The minimum Gasteiger partial charge on any atom is -0.478 e. The smallest absolute Gasteiger partial charge is 0.328 e. The van der Waals surface area contributed by atoms with E-state index < -0.39 is 5.97 Å². The van der Waals surface area contributed by atoms with Crippen molar-refractivity contribution >= 4 is 22.8 Å². The number of carboxylic acids is 1. The molecule has 15 heavy (non-hydrogen) atoms. The minimum absolute atomic E-state index is 0.676. The molecule has 0 aliphatic rings. The molecule has 0 unspecified atom stereocenters. The number of aromatic nitrogens is 1. The highest BCUT2D eigenvalue weighted by molar-refractivity contribution is 5.92. The monoisotopic (exact) mass is 199 g/mol.